The Morgan fingerprint density at radius 1 is 1.32 bits per heavy atom. The Bertz CT molecular complexity index is 505. The Balaban J connectivity index is 1.74. The molecular weight excluding hydrogens is 244 g/mol. The van der Waals surface area contributed by atoms with Crippen molar-refractivity contribution in [1.82, 2.24) is 0 Å². The maximum atomic E-state index is 11.2. The van der Waals surface area contributed by atoms with Crippen molar-refractivity contribution in [2.75, 3.05) is 13.7 Å². The second-order valence-electron chi connectivity index (χ2n) is 4.90. The fourth-order valence-electron chi connectivity index (χ4n) is 2.46. The summed E-state index contributed by atoms with van der Waals surface area (Å²) in [7, 11) is 1.64. The Morgan fingerprint density at radius 2 is 2.11 bits per heavy atom. The van der Waals surface area contributed by atoms with Gasteiger partial charge in [-0.25, -0.2) is 0 Å². The predicted molar refractivity (Wildman–Crippen MR) is 68.9 cm³/mol. The Labute approximate surface area is 112 Å². The molecule has 0 unspecified atom stereocenters. The summed E-state index contributed by atoms with van der Waals surface area (Å²) < 4.78 is 16.3. The van der Waals surface area contributed by atoms with Gasteiger partial charge in [0.1, 0.15) is 11.9 Å². The van der Waals surface area contributed by atoms with Gasteiger partial charge in [-0.1, -0.05) is 18.2 Å². The van der Waals surface area contributed by atoms with E-state index in [1.54, 1.807) is 7.11 Å². The average Bonchev–Trinajstić information content (AvgIpc) is 2.81. The van der Waals surface area contributed by atoms with Gasteiger partial charge in [0.25, 0.3) is 0 Å². The molecule has 2 atom stereocenters. The standard InChI is InChI=1S/C15H16O4/c1-17-12-4-2-11(3-5-12)13-6-8-15(10-18-13)9-7-14(16)19-15/h2-6,8,13H,7,9-10H2,1H3/t13-,15-/m0/s1. The maximum Gasteiger partial charge on any atom is 0.306 e. The molecule has 4 nitrogen and oxygen atoms in total. The highest BCUT2D eigenvalue weighted by atomic mass is 16.6. The van der Waals surface area contributed by atoms with E-state index in [4.69, 9.17) is 14.2 Å². The first-order valence-corrected chi connectivity index (χ1v) is 6.38. The predicted octanol–water partition coefficient (Wildman–Crippen LogP) is 2.40. The molecule has 2 aliphatic rings. The van der Waals surface area contributed by atoms with Gasteiger partial charge in [-0.05, 0) is 23.8 Å². The van der Waals surface area contributed by atoms with Crippen LogP contribution in [-0.2, 0) is 14.3 Å². The summed E-state index contributed by atoms with van der Waals surface area (Å²) in [5.41, 5.74) is 0.538. The van der Waals surface area contributed by atoms with Crippen molar-refractivity contribution >= 4 is 5.97 Å². The zero-order valence-corrected chi connectivity index (χ0v) is 10.8. The molecule has 0 bridgehead atoms. The van der Waals surface area contributed by atoms with Crippen LogP contribution in [0.25, 0.3) is 0 Å². The monoisotopic (exact) mass is 260 g/mol. The quantitative estimate of drug-likeness (QED) is 0.605. The number of hydrogen-bond acceptors (Lipinski definition) is 4. The van der Waals surface area contributed by atoms with Crippen LogP contribution >= 0.6 is 0 Å². The summed E-state index contributed by atoms with van der Waals surface area (Å²) in [5, 5.41) is 0. The third-order valence-electron chi connectivity index (χ3n) is 3.60. The molecule has 0 saturated carbocycles. The summed E-state index contributed by atoms with van der Waals surface area (Å²) >= 11 is 0. The molecule has 4 heteroatoms. The number of benzene rings is 1. The van der Waals surface area contributed by atoms with Gasteiger partial charge in [0, 0.05) is 12.8 Å². The van der Waals surface area contributed by atoms with Crippen molar-refractivity contribution in [3.63, 3.8) is 0 Å². The van der Waals surface area contributed by atoms with Crippen molar-refractivity contribution in [2.45, 2.75) is 24.5 Å². The topological polar surface area (TPSA) is 44.8 Å². The van der Waals surface area contributed by atoms with Gasteiger partial charge < -0.3 is 14.2 Å². The van der Waals surface area contributed by atoms with Crippen LogP contribution in [0.4, 0.5) is 0 Å². The highest BCUT2D eigenvalue weighted by Crippen LogP contribution is 2.35. The molecule has 0 N–H and O–H groups in total. The number of rotatable bonds is 2. The van der Waals surface area contributed by atoms with Crippen molar-refractivity contribution in [3.8, 4) is 5.75 Å². The summed E-state index contributed by atoms with van der Waals surface area (Å²) in [6.07, 6.45) is 5.02. The zero-order chi connectivity index (χ0) is 13.3. The van der Waals surface area contributed by atoms with Crippen molar-refractivity contribution < 1.29 is 19.0 Å². The highest BCUT2D eigenvalue weighted by Gasteiger charge is 2.41. The van der Waals surface area contributed by atoms with Crippen LogP contribution in [0.15, 0.2) is 36.4 Å². The first kappa shape index (κ1) is 12.2. The molecule has 1 spiro atoms. The molecule has 0 radical (unpaired) electrons. The minimum atomic E-state index is -0.528. The van der Waals surface area contributed by atoms with Gasteiger partial charge in [0.2, 0.25) is 0 Å². The van der Waals surface area contributed by atoms with Crippen LogP contribution < -0.4 is 4.74 Å². The lowest BCUT2D eigenvalue weighted by Crippen LogP contribution is -2.35. The van der Waals surface area contributed by atoms with E-state index in [2.05, 4.69) is 0 Å². The highest BCUT2D eigenvalue weighted by molar-refractivity contribution is 5.72. The molecule has 1 aromatic carbocycles. The lowest BCUT2D eigenvalue weighted by atomic mass is 9.96. The molecule has 100 valence electrons. The number of hydrogen-bond donors (Lipinski definition) is 0. The zero-order valence-electron chi connectivity index (χ0n) is 10.8. The lowest BCUT2D eigenvalue weighted by Gasteiger charge is -2.31. The molecule has 0 aliphatic carbocycles. The van der Waals surface area contributed by atoms with Crippen molar-refractivity contribution in [2.24, 2.45) is 0 Å². The Morgan fingerprint density at radius 3 is 2.63 bits per heavy atom. The normalized spacial score (nSPS) is 29.5. The first-order valence-electron chi connectivity index (χ1n) is 6.38. The number of carbonyl (C=O) groups excluding carboxylic acids is 1. The lowest BCUT2D eigenvalue weighted by molar-refractivity contribution is -0.151. The molecular formula is C15H16O4. The second kappa shape index (κ2) is 4.70. The minimum absolute atomic E-state index is 0.0872. The fraction of sp³-hybridized carbons (Fsp3) is 0.400. The van der Waals surface area contributed by atoms with Gasteiger partial charge in [-0.2, -0.15) is 0 Å². The summed E-state index contributed by atoms with van der Waals surface area (Å²) in [6.45, 7) is 0.423. The fourth-order valence-corrected chi connectivity index (χ4v) is 2.46. The van der Waals surface area contributed by atoms with Crippen LogP contribution in [0.3, 0.4) is 0 Å². The molecule has 0 aromatic heterocycles. The van der Waals surface area contributed by atoms with Gasteiger partial charge in [0.05, 0.1) is 13.7 Å². The third kappa shape index (κ3) is 2.36. The van der Waals surface area contributed by atoms with E-state index in [9.17, 15) is 4.79 Å². The third-order valence-corrected chi connectivity index (χ3v) is 3.60. The van der Waals surface area contributed by atoms with E-state index in [-0.39, 0.29) is 12.1 Å². The van der Waals surface area contributed by atoms with Crippen LogP contribution in [0.2, 0.25) is 0 Å². The van der Waals surface area contributed by atoms with Crippen LogP contribution in [0, 0.1) is 0 Å². The van der Waals surface area contributed by atoms with E-state index in [1.165, 1.54) is 0 Å². The largest absolute Gasteiger partial charge is 0.497 e. The maximum absolute atomic E-state index is 11.2. The first-order chi connectivity index (χ1) is 9.21. The smallest absolute Gasteiger partial charge is 0.306 e. The van der Waals surface area contributed by atoms with Gasteiger partial charge in [-0.3, -0.25) is 4.79 Å². The molecule has 19 heavy (non-hydrogen) atoms. The Kier molecular flexibility index (Phi) is 3.03. The average molecular weight is 260 g/mol. The molecule has 3 rings (SSSR count). The summed E-state index contributed by atoms with van der Waals surface area (Å²) in [4.78, 5) is 11.2. The second-order valence-corrected chi connectivity index (χ2v) is 4.90. The Hall–Kier alpha value is -1.81. The number of carbonyl (C=O) groups is 1. The molecule has 0 amide bonds. The van der Waals surface area contributed by atoms with Gasteiger partial charge >= 0.3 is 5.97 Å². The summed E-state index contributed by atoms with van der Waals surface area (Å²) in [5.74, 6) is 0.681. The van der Waals surface area contributed by atoms with E-state index >= 15 is 0 Å². The molecule has 1 saturated heterocycles. The van der Waals surface area contributed by atoms with Gasteiger partial charge in [0.15, 0.2) is 5.60 Å². The number of methoxy groups -OCH3 is 1. The number of ether oxygens (including phenoxy) is 3. The summed E-state index contributed by atoms with van der Waals surface area (Å²) in [6, 6.07) is 7.78. The van der Waals surface area contributed by atoms with Crippen LogP contribution in [0.5, 0.6) is 5.75 Å². The molecule has 1 aromatic rings. The van der Waals surface area contributed by atoms with E-state index < -0.39 is 5.60 Å². The number of esters is 1. The minimum Gasteiger partial charge on any atom is -0.497 e. The van der Waals surface area contributed by atoms with Crippen molar-refractivity contribution in [3.05, 3.63) is 42.0 Å². The SMILES string of the molecule is COc1ccc([C@@H]2C=C[C@]3(CCC(=O)O3)CO2)cc1. The van der Waals surface area contributed by atoms with Crippen molar-refractivity contribution in [1.29, 1.82) is 0 Å². The molecule has 1 fully saturated rings. The molecule has 2 aliphatic heterocycles. The van der Waals surface area contributed by atoms with E-state index in [1.807, 2.05) is 36.4 Å². The van der Waals surface area contributed by atoms with Crippen LogP contribution in [0.1, 0.15) is 24.5 Å². The van der Waals surface area contributed by atoms with E-state index in [0.717, 1.165) is 11.3 Å². The van der Waals surface area contributed by atoms with Crippen LogP contribution in [-0.4, -0.2) is 25.3 Å². The molecule has 2 heterocycles. The van der Waals surface area contributed by atoms with E-state index in [0.29, 0.717) is 19.4 Å². The van der Waals surface area contributed by atoms with Gasteiger partial charge in [-0.15, -0.1) is 0 Å².